The van der Waals surface area contributed by atoms with E-state index >= 15 is 0 Å². The summed E-state index contributed by atoms with van der Waals surface area (Å²) in [5, 5.41) is 11.0. The van der Waals surface area contributed by atoms with Gasteiger partial charge in [0.2, 0.25) is 5.91 Å². The number of hydrogen-bond acceptors (Lipinski definition) is 5. The number of nitrogens with zero attached hydrogens (tertiary/aromatic N) is 3. The van der Waals surface area contributed by atoms with E-state index in [4.69, 9.17) is 5.73 Å². The third-order valence-corrected chi connectivity index (χ3v) is 3.35. The van der Waals surface area contributed by atoms with Gasteiger partial charge in [0.05, 0.1) is 11.1 Å². The Bertz CT molecular complexity index is 642. The molecule has 1 amide bonds. The fraction of sp³-hybridized carbons (Fsp3) is 0. The molecule has 0 aliphatic heterocycles. The molecule has 8 heteroatoms. The summed E-state index contributed by atoms with van der Waals surface area (Å²) in [5.74, 6) is -1.16. The minimum absolute atomic E-state index is 0.0487. The third kappa shape index (κ3) is 2.52. The highest BCUT2D eigenvalue weighted by atomic mass is 127. The van der Waals surface area contributed by atoms with Crippen LogP contribution in [0.1, 0.15) is 10.4 Å². The van der Waals surface area contributed by atoms with Gasteiger partial charge < -0.3 is 15.8 Å². The van der Waals surface area contributed by atoms with Crippen molar-refractivity contribution in [1.29, 1.82) is 0 Å². The van der Waals surface area contributed by atoms with Crippen LogP contribution in [-0.2, 0) is 0 Å². The number of amides is 1. The number of primary amides is 1. The fourth-order valence-corrected chi connectivity index (χ4v) is 2.19. The first kappa shape index (κ1) is 13.3. The SMILES string of the molecule is NC(=O)c1ccnc([N+](=O)[O-])c1-c1cnccc1I. The summed E-state index contributed by atoms with van der Waals surface area (Å²) >= 11 is 2.00. The van der Waals surface area contributed by atoms with E-state index in [1.54, 1.807) is 12.3 Å². The number of nitrogens with two attached hydrogens (primary N) is 1. The van der Waals surface area contributed by atoms with Crippen molar-refractivity contribution in [3.8, 4) is 11.1 Å². The van der Waals surface area contributed by atoms with Crippen LogP contribution in [0.4, 0.5) is 5.82 Å². The van der Waals surface area contributed by atoms with Gasteiger partial charge in [-0.05, 0) is 44.6 Å². The van der Waals surface area contributed by atoms with E-state index in [0.29, 0.717) is 9.13 Å². The predicted molar refractivity (Wildman–Crippen MR) is 75.4 cm³/mol. The number of pyridine rings is 2. The summed E-state index contributed by atoms with van der Waals surface area (Å²) in [7, 11) is 0. The van der Waals surface area contributed by atoms with E-state index in [9.17, 15) is 14.9 Å². The third-order valence-electron chi connectivity index (χ3n) is 2.41. The average molecular weight is 370 g/mol. The van der Waals surface area contributed by atoms with E-state index < -0.39 is 16.6 Å². The van der Waals surface area contributed by atoms with E-state index in [0.717, 1.165) is 0 Å². The zero-order valence-electron chi connectivity index (χ0n) is 9.41. The first-order chi connectivity index (χ1) is 9.02. The minimum Gasteiger partial charge on any atom is -0.366 e. The molecule has 2 N–H and O–H groups in total. The largest absolute Gasteiger partial charge is 0.372 e. The monoisotopic (exact) mass is 370 g/mol. The van der Waals surface area contributed by atoms with Gasteiger partial charge in [0.1, 0.15) is 6.20 Å². The zero-order valence-corrected chi connectivity index (χ0v) is 11.6. The van der Waals surface area contributed by atoms with Gasteiger partial charge in [-0.3, -0.25) is 9.78 Å². The second-order valence-corrected chi connectivity index (χ2v) is 4.70. The molecule has 2 heterocycles. The number of rotatable bonds is 3. The second kappa shape index (κ2) is 5.26. The summed E-state index contributed by atoms with van der Waals surface area (Å²) < 4.78 is 0.714. The highest BCUT2D eigenvalue weighted by Crippen LogP contribution is 2.33. The van der Waals surface area contributed by atoms with Crippen molar-refractivity contribution < 1.29 is 9.72 Å². The van der Waals surface area contributed by atoms with Gasteiger partial charge in [0.25, 0.3) is 0 Å². The Kier molecular flexibility index (Phi) is 3.69. The van der Waals surface area contributed by atoms with Crippen LogP contribution in [0, 0.1) is 13.7 Å². The lowest BCUT2D eigenvalue weighted by atomic mass is 10.0. The van der Waals surface area contributed by atoms with Crippen LogP contribution in [0.3, 0.4) is 0 Å². The number of aromatic nitrogens is 2. The van der Waals surface area contributed by atoms with Crippen molar-refractivity contribution >= 4 is 34.3 Å². The highest BCUT2D eigenvalue weighted by molar-refractivity contribution is 14.1. The van der Waals surface area contributed by atoms with E-state index in [-0.39, 0.29) is 11.1 Å². The first-order valence-corrected chi connectivity index (χ1v) is 6.13. The molecule has 0 fully saturated rings. The summed E-state index contributed by atoms with van der Waals surface area (Å²) in [6.45, 7) is 0. The van der Waals surface area contributed by atoms with Crippen LogP contribution in [-0.4, -0.2) is 20.8 Å². The maximum Gasteiger partial charge on any atom is 0.372 e. The van der Waals surface area contributed by atoms with Crippen molar-refractivity contribution in [3.05, 3.63) is 50.0 Å². The topological polar surface area (TPSA) is 112 Å². The molecule has 0 aliphatic carbocycles. The van der Waals surface area contributed by atoms with Crippen LogP contribution in [0.15, 0.2) is 30.7 Å². The Morgan fingerprint density at radius 3 is 2.68 bits per heavy atom. The molecule has 0 radical (unpaired) electrons. The molecule has 7 nitrogen and oxygen atoms in total. The normalized spacial score (nSPS) is 10.2. The molecular formula is C11H7IN4O3. The van der Waals surface area contributed by atoms with Crippen molar-refractivity contribution in [2.75, 3.05) is 0 Å². The number of nitro groups is 1. The Morgan fingerprint density at radius 2 is 2.11 bits per heavy atom. The van der Waals surface area contributed by atoms with Gasteiger partial charge in [-0.2, -0.15) is 0 Å². The Morgan fingerprint density at radius 1 is 1.37 bits per heavy atom. The molecule has 19 heavy (non-hydrogen) atoms. The lowest BCUT2D eigenvalue weighted by molar-refractivity contribution is -0.388. The van der Waals surface area contributed by atoms with Crippen LogP contribution in [0.2, 0.25) is 0 Å². The number of hydrogen-bond donors (Lipinski definition) is 1. The van der Waals surface area contributed by atoms with Crippen LogP contribution in [0.25, 0.3) is 11.1 Å². The van der Waals surface area contributed by atoms with E-state index in [1.165, 1.54) is 18.5 Å². The van der Waals surface area contributed by atoms with E-state index in [1.807, 2.05) is 22.6 Å². The van der Waals surface area contributed by atoms with Gasteiger partial charge >= 0.3 is 5.82 Å². The first-order valence-electron chi connectivity index (χ1n) is 5.05. The maximum absolute atomic E-state index is 11.4. The van der Waals surface area contributed by atoms with Crippen LogP contribution in [0.5, 0.6) is 0 Å². The van der Waals surface area contributed by atoms with Crippen molar-refractivity contribution in [2.24, 2.45) is 5.73 Å². The fourth-order valence-electron chi connectivity index (χ4n) is 1.62. The standard InChI is InChI=1S/C11H7IN4O3/c12-8-2-3-14-5-7(8)9-6(10(13)17)1-4-15-11(9)16(18)19/h1-5H,(H2,13,17). The molecule has 96 valence electrons. The Labute approximate surface area is 121 Å². The van der Waals surface area contributed by atoms with E-state index in [2.05, 4.69) is 9.97 Å². The molecule has 2 rings (SSSR count). The van der Waals surface area contributed by atoms with Gasteiger partial charge in [0.15, 0.2) is 0 Å². The van der Waals surface area contributed by atoms with Crippen LogP contribution < -0.4 is 5.73 Å². The quantitative estimate of drug-likeness (QED) is 0.503. The van der Waals surface area contributed by atoms with Gasteiger partial charge in [-0.15, -0.1) is 0 Å². The number of carbonyl (C=O) groups is 1. The Hall–Kier alpha value is -2.10. The molecule has 0 bridgehead atoms. The smallest absolute Gasteiger partial charge is 0.366 e. The maximum atomic E-state index is 11.4. The molecule has 0 spiro atoms. The van der Waals surface area contributed by atoms with Gasteiger partial charge in [0, 0.05) is 21.5 Å². The molecular weight excluding hydrogens is 363 g/mol. The van der Waals surface area contributed by atoms with Crippen LogP contribution >= 0.6 is 22.6 Å². The molecule has 0 unspecified atom stereocenters. The lowest BCUT2D eigenvalue weighted by Crippen LogP contribution is -2.14. The average Bonchev–Trinajstić information content (AvgIpc) is 2.38. The number of halogens is 1. The molecule has 2 aromatic rings. The molecule has 0 saturated heterocycles. The second-order valence-electron chi connectivity index (χ2n) is 3.53. The zero-order chi connectivity index (χ0) is 14.0. The molecule has 0 atom stereocenters. The summed E-state index contributed by atoms with van der Waals surface area (Å²) in [5.41, 5.74) is 5.86. The van der Waals surface area contributed by atoms with Crippen molar-refractivity contribution in [1.82, 2.24) is 9.97 Å². The molecule has 0 aromatic carbocycles. The van der Waals surface area contributed by atoms with Crippen molar-refractivity contribution in [2.45, 2.75) is 0 Å². The summed E-state index contributed by atoms with van der Waals surface area (Å²) in [6, 6.07) is 3.03. The lowest BCUT2D eigenvalue weighted by Gasteiger charge is -2.08. The minimum atomic E-state index is -0.750. The van der Waals surface area contributed by atoms with Gasteiger partial charge in [-0.25, -0.2) is 0 Å². The Balaban J connectivity index is 2.83. The predicted octanol–water partition coefficient (Wildman–Crippen LogP) is 1.76. The summed E-state index contributed by atoms with van der Waals surface area (Å²) in [4.78, 5) is 29.4. The number of carbonyl (C=O) groups excluding carboxylic acids is 1. The van der Waals surface area contributed by atoms with Gasteiger partial charge in [-0.1, -0.05) is 0 Å². The summed E-state index contributed by atoms with van der Waals surface area (Å²) in [6.07, 6.45) is 4.18. The molecule has 2 aromatic heterocycles. The highest BCUT2D eigenvalue weighted by Gasteiger charge is 2.25. The molecule has 0 aliphatic rings. The molecule has 0 saturated carbocycles. The van der Waals surface area contributed by atoms with Crippen molar-refractivity contribution in [3.63, 3.8) is 0 Å².